The Balaban J connectivity index is 2.44. The van der Waals surface area contributed by atoms with Crippen LogP contribution in [0.5, 0.6) is 5.88 Å². The minimum Gasteiger partial charge on any atom is -0.477 e. The zero-order valence-corrected chi connectivity index (χ0v) is 10.8. The first-order valence-electron chi connectivity index (χ1n) is 5.30. The van der Waals surface area contributed by atoms with Gasteiger partial charge >= 0.3 is 5.97 Å². The van der Waals surface area contributed by atoms with E-state index < -0.39 is 5.97 Å². The molecule has 0 aliphatic heterocycles. The molecule has 1 saturated carbocycles. The summed E-state index contributed by atoms with van der Waals surface area (Å²) in [6.45, 7) is 3.61. The smallest absolute Gasteiger partial charge is 0.343 e. The quantitative estimate of drug-likeness (QED) is 0.655. The first kappa shape index (κ1) is 12.2. The third-order valence-electron chi connectivity index (χ3n) is 2.73. The van der Waals surface area contributed by atoms with Crippen molar-refractivity contribution in [1.82, 2.24) is 9.97 Å². The van der Waals surface area contributed by atoms with Crippen LogP contribution in [-0.4, -0.2) is 32.9 Å². The number of thioether (sulfide) groups is 1. The second-order valence-corrected chi connectivity index (χ2v) is 5.11. The third kappa shape index (κ3) is 2.52. The zero-order chi connectivity index (χ0) is 12.6. The highest BCUT2D eigenvalue weighted by Gasteiger charge is 2.41. The molecule has 0 spiro atoms. The maximum absolute atomic E-state index is 11.2. The van der Waals surface area contributed by atoms with Crippen LogP contribution < -0.4 is 4.74 Å². The van der Waals surface area contributed by atoms with Crippen molar-refractivity contribution >= 4 is 17.7 Å². The largest absolute Gasteiger partial charge is 0.477 e. The minimum absolute atomic E-state index is 0.0657. The van der Waals surface area contributed by atoms with E-state index in [-0.39, 0.29) is 17.0 Å². The molecule has 2 rings (SSSR count). The van der Waals surface area contributed by atoms with E-state index in [0.29, 0.717) is 10.9 Å². The summed E-state index contributed by atoms with van der Waals surface area (Å²) >= 11 is 1.37. The number of hydrogen-bond donors (Lipinski definition) is 1. The van der Waals surface area contributed by atoms with Crippen LogP contribution in [-0.2, 0) is 0 Å². The van der Waals surface area contributed by atoms with Gasteiger partial charge in [-0.2, -0.15) is 4.98 Å². The van der Waals surface area contributed by atoms with Gasteiger partial charge in [0.05, 0.1) is 5.69 Å². The van der Waals surface area contributed by atoms with Gasteiger partial charge in [0.15, 0.2) is 5.16 Å². The molecule has 0 bridgehead atoms. The van der Waals surface area contributed by atoms with E-state index in [0.717, 1.165) is 12.8 Å². The van der Waals surface area contributed by atoms with Crippen molar-refractivity contribution in [3.63, 3.8) is 0 Å². The Bertz CT molecular complexity index is 472. The summed E-state index contributed by atoms with van der Waals surface area (Å²) in [6, 6.07) is 0. The molecule has 1 aromatic rings. The molecule has 0 amide bonds. The maximum atomic E-state index is 11.2. The molecule has 6 heteroatoms. The number of hydrogen-bond acceptors (Lipinski definition) is 5. The first-order valence-corrected chi connectivity index (χ1v) is 6.52. The lowest BCUT2D eigenvalue weighted by Crippen LogP contribution is -2.17. The molecule has 1 aliphatic carbocycles. The number of ether oxygens (including phenoxy) is 1. The highest BCUT2D eigenvalue weighted by atomic mass is 32.2. The Morgan fingerprint density at radius 1 is 1.47 bits per heavy atom. The van der Waals surface area contributed by atoms with Gasteiger partial charge in [-0.25, -0.2) is 9.78 Å². The van der Waals surface area contributed by atoms with Gasteiger partial charge in [0.1, 0.15) is 11.2 Å². The van der Waals surface area contributed by atoms with Gasteiger partial charge in [0.25, 0.3) is 0 Å². The molecule has 1 heterocycles. The van der Waals surface area contributed by atoms with E-state index in [1.165, 1.54) is 11.8 Å². The van der Waals surface area contributed by atoms with Crippen molar-refractivity contribution in [3.05, 3.63) is 11.3 Å². The van der Waals surface area contributed by atoms with Gasteiger partial charge in [-0.15, -0.1) is 0 Å². The zero-order valence-electron chi connectivity index (χ0n) is 9.98. The van der Waals surface area contributed by atoms with Gasteiger partial charge in [-0.1, -0.05) is 11.8 Å². The van der Waals surface area contributed by atoms with Crippen LogP contribution in [0.1, 0.15) is 35.8 Å². The van der Waals surface area contributed by atoms with E-state index in [1.807, 2.05) is 13.2 Å². The number of nitrogens with zero attached hydrogens (tertiary/aromatic N) is 2. The lowest BCUT2D eigenvalue weighted by Gasteiger charge is -2.15. The molecule has 17 heavy (non-hydrogen) atoms. The van der Waals surface area contributed by atoms with Crippen LogP contribution in [0.3, 0.4) is 0 Å². The highest BCUT2D eigenvalue weighted by molar-refractivity contribution is 7.98. The van der Waals surface area contributed by atoms with Crippen molar-refractivity contribution in [3.8, 4) is 5.88 Å². The van der Waals surface area contributed by atoms with E-state index in [9.17, 15) is 4.79 Å². The third-order valence-corrected chi connectivity index (χ3v) is 3.28. The van der Waals surface area contributed by atoms with E-state index in [4.69, 9.17) is 9.84 Å². The Morgan fingerprint density at radius 3 is 2.59 bits per heavy atom. The monoisotopic (exact) mass is 254 g/mol. The fraction of sp³-hybridized carbons (Fsp3) is 0.545. The van der Waals surface area contributed by atoms with Gasteiger partial charge in [0.2, 0.25) is 5.88 Å². The van der Waals surface area contributed by atoms with Crippen molar-refractivity contribution in [2.24, 2.45) is 0 Å². The van der Waals surface area contributed by atoms with Crippen molar-refractivity contribution in [2.75, 3.05) is 6.26 Å². The minimum atomic E-state index is -1.05. The number of carbonyl (C=O) groups is 1. The molecule has 92 valence electrons. The average molecular weight is 254 g/mol. The molecular weight excluding hydrogens is 240 g/mol. The fourth-order valence-electron chi connectivity index (χ4n) is 1.44. The summed E-state index contributed by atoms with van der Waals surface area (Å²) in [5, 5.41) is 9.69. The van der Waals surface area contributed by atoms with Gasteiger partial charge in [-0.3, -0.25) is 0 Å². The summed E-state index contributed by atoms with van der Waals surface area (Å²) in [4.78, 5) is 19.4. The maximum Gasteiger partial charge on any atom is 0.343 e. The summed E-state index contributed by atoms with van der Waals surface area (Å²) < 4.78 is 5.68. The summed E-state index contributed by atoms with van der Waals surface area (Å²) in [5.74, 6) is -0.858. The molecule has 0 unspecified atom stereocenters. The molecule has 0 aromatic carbocycles. The number of carboxylic acid groups (broad SMARTS) is 1. The topological polar surface area (TPSA) is 72.3 Å². The average Bonchev–Trinajstić information content (AvgIpc) is 2.94. The van der Waals surface area contributed by atoms with E-state index >= 15 is 0 Å². The molecule has 1 aliphatic rings. The molecule has 0 atom stereocenters. The SMILES string of the molecule is CSc1nc(C)c(C(=O)O)c(OC2(C)CC2)n1. The van der Waals surface area contributed by atoms with Gasteiger partial charge in [-0.05, 0) is 32.9 Å². The number of aromatic nitrogens is 2. The molecule has 1 N–H and O–H groups in total. The molecule has 0 saturated heterocycles. The van der Waals surface area contributed by atoms with Gasteiger partial charge < -0.3 is 9.84 Å². The predicted octanol–water partition coefficient (Wildman–Crippen LogP) is 2.14. The molecule has 0 radical (unpaired) electrons. The molecule has 5 nitrogen and oxygen atoms in total. The van der Waals surface area contributed by atoms with Crippen molar-refractivity contribution in [2.45, 2.75) is 37.4 Å². The standard InChI is InChI=1S/C11H14N2O3S/c1-6-7(9(14)15)8(13-10(12-6)17-3)16-11(2)4-5-11/h4-5H2,1-3H3,(H,14,15). The summed E-state index contributed by atoms with van der Waals surface area (Å²) in [7, 11) is 0. The lowest BCUT2D eigenvalue weighted by molar-refractivity contribution is 0.0684. The van der Waals surface area contributed by atoms with E-state index in [2.05, 4.69) is 9.97 Å². The molecular formula is C11H14N2O3S. The Labute approximate surface area is 104 Å². The first-order chi connectivity index (χ1) is 7.95. The van der Waals surface area contributed by atoms with E-state index in [1.54, 1.807) is 6.92 Å². The molecule has 1 fully saturated rings. The summed E-state index contributed by atoms with van der Waals surface area (Å²) in [6.07, 6.45) is 3.71. The number of rotatable bonds is 4. The van der Waals surface area contributed by atoms with Crippen molar-refractivity contribution in [1.29, 1.82) is 0 Å². The van der Waals surface area contributed by atoms with Crippen LogP contribution in [0, 0.1) is 6.92 Å². The number of aryl methyl sites for hydroxylation is 1. The second kappa shape index (κ2) is 4.18. The predicted molar refractivity (Wildman–Crippen MR) is 63.8 cm³/mol. The second-order valence-electron chi connectivity index (χ2n) is 4.33. The number of carboxylic acids is 1. The molecule has 1 aromatic heterocycles. The Kier molecular flexibility index (Phi) is 2.99. The Hall–Kier alpha value is -1.30. The van der Waals surface area contributed by atoms with Crippen LogP contribution >= 0.6 is 11.8 Å². The van der Waals surface area contributed by atoms with Crippen LogP contribution in [0.2, 0.25) is 0 Å². The normalized spacial score (nSPS) is 16.6. The number of aromatic carboxylic acids is 1. The van der Waals surface area contributed by atoms with Crippen LogP contribution in [0.15, 0.2) is 5.16 Å². The van der Waals surface area contributed by atoms with Crippen LogP contribution in [0.4, 0.5) is 0 Å². The summed E-state index contributed by atoms with van der Waals surface area (Å²) in [5.41, 5.74) is 0.257. The Morgan fingerprint density at radius 2 is 2.12 bits per heavy atom. The van der Waals surface area contributed by atoms with Gasteiger partial charge in [0, 0.05) is 0 Å². The van der Waals surface area contributed by atoms with Crippen LogP contribution in [0.25, 0.3) is 0 Å². The van der Waals surface area contributed by atoms with Crippen molar-refractivity contribution < 1.29 is 14.6 Å². The lowest BCUT2D eigenvalue weighted by atomic mass is 10.2. The fourth-order valence-corrected chi connectivity index (χ4v) is 1.85. The highest BCUT2D eigenvalue weighted by Crippen LogP contribution is 2.40.